The normalized spacial score (nSPS) is 18.1. The van der Waals surface area contributed by atoms with Crippen molar-refractivity contribution in [2.24, 2.45) is 0 Å². The summed E-state index contributed by atoms with van der Waals surface area (Å²) in [5, 5.41) is 15.7. The van der Waals surface area contributed by atoms with Crippen molar-refractivity contribution in [2.45, 2.75) is 12.1 Å². The Morgan fingerprint density at radius 3 is 2.56 bits per heavy atom. The molecule has 0 spiro atoms. The third-order valence-electron chi connectivity index (χ3n) is 5.46. The molecule has 2 aromatic carbocycles. The van der Waals surface area contributed by atoms with Gasteiger partial charge in [-0.15, -0.1) is 0 Å². The highest BCUT2D eigenvalue weighted by molar-refractivity contribution is 7.80. The zero-order valence-corrected chi connectivity index (χ0v) is 19.0. The lowest BCUT2D eigenvalue weighted by Gasteiger charge is -2.29. The Morgan fingerprint density at radius 1 is 0.938 bits per heavy atom. The van der Waals surface area contributed by atoms with Crippen LogP contribution in [0.3, 0.4) is 0 Å². The van der Waals surface area contributed by atoms with Gasteiger partial charge in [0.05, 0.1) is 17.4 Å². The van der Waals surface area contributed by atoms with Crippen LogP contribution in [-0.2, 0) is 0 Å². The van der Waals surface area contributed by atoms with Crippen LogP contribution in [0.25, 0.3) is 5.69 Å². The van der Waals surface area contributed by atoms with Crippen molar-refractivity contribution < 1.29 is 5.11 Å². The maximum Gasteiger partial charge on any atom is 0.174 e. The number of phenols is 1. The van der Waals surface area contributed by atoms with E-state index in [1.54, 1.807) is 24.4 Å². The molecule has 0 radical (unpaired) electrons. The highest BCUT2D eigenvalue weighted by atomic mass is 35.5. The van der Waals surface area contributed by atoms with Gasteiger partial charge >= 0.3 is 0 Å². The zero-order chi connectivity index (χ0) is 22.2. The molecule has 2 atom stereocenters. The number of rotatable bonds is 4. The number of hydrogen-bond donors (Lipinski definition) is 2. The molecule has 1 aliphatic rings. The molecule has 0 bridgehead atoms. The summed E-state index contributed by atoms with van der Waals surface area (Å²) >= 11 is 18.3. The first-order valence-electron chi connectivity index (χ1n) is 9.95. The van der Waals surface area contributed by atoms with Crippen LogP contribution >= 0.6 is 35.4 Å². The van der Waals surface area contributed by atoms with Crippen LogP contribution in [-0.4, -0.2) is 19.8 Å². The summed E-state index contributed by atoms with van der Waals surface area (Å²) in [6.45, 7) is 0. The molecule has 2 N–H and O–H groups in total. The van der Waals surface area contributed by atoms with Crippen molar-refractivity contribution in [3.05, 3.63) is 107 Å². The van der Waals surface area contributed by atoms with E-state index in [0.717, 1.165) is 17.1 Å². The van der Waals surface area contributed by atoms with E-state index < -0.39 is 0 Å². The summed E-state index contributed by atoms with van der Waals surface area (Å²) in [7, 11) is 0. The predicted molar refractivity (Wildman–Crippen MR) is 132 cm³/mol. The lowest BCUT2D eigenvalue weighted by Crippen LogP contribution is -2.30. The summed E-state index contributed by atoms with van der Waals surface area (Å²) in [6, 6.07) is 21.8. The van der Waals surface area contributed by atoms with Gasteiger partial charge in [-0.05, 0) is 72.9 Å². The Morgan fingerprint density at radius 2 is 1.78 bits per heavy atom. The van der Waals surface area contributed by atoms with Gasteiger partial charge in [0.2, 0.25) is 0 Å². The number of halogens is 2. The lowest BCUT2D eigenvalue weighted by atomic mass is 10.0. The fourth-order valence-corrected chi connectivity index (χ4v) is 4.79. The largest absolute Gasteiger partial charge is 0.506 e. The minimum absolute atomic E-state index is 0.0890. The molecular weight excluding hydrogens is 463 g/mol. The molecule has 2 aromatic heterocycles. The average Bonchev–Trinajstić information content (AvgIpc) is 3.40. The molecule has 32 heavy (non-hydrogen) atoms. The smallest absolute Gasteiger partial charge is 0.174 e. The van der Waals surface area contributed by atoms with Crippen LogP contribution in [0.15, 0.2) is 85.2 Å². The third-order valence-corrected chi connectivity index (χ3v) is 6.25. The van der Waals surface area contributed by atoms with Crippen molar-refractivity contribution >= 4 is 46.2 Å². The second-order valence-corrected chi connectivity index (χ2v) is 8.67. The molecule has 2 unspecified atom stereocenters. The average molecular weight is 481 g/mol. The molecule has 160 valence electrons. The Balaban J connectivity index is 1.70. The summed E-state index contributed by atoms with van der Waals surface area (Å²) in [6.07, 6.45) is 3.74. The molecule has 3 heterocycles. The van der Waals surface area contributed by atoms with Gasteiger partial charge in [-0.3, -0.25) is 4.98 Å². The van der Waals surface area contributed by atoms with E-state index in [4.69, 9.17) is 35.4 Å². The maximum absolute atomic E-state index is 10.7. The third kappa shape index (κ3) is 3.71. The fourth-order valence-electron chi connectivity index (χ4n) is 4.10. The number of thiocarbonyl (C=S) groups is 1. The molecule has 8 heteroatoms. The molecule has 5 rings (SSSR count). The summed E-state index contributed by atoms with van der Waals surface area (Å²) in [5.74, 6) is 0.0890. The molecule has 0 saturated carbocycles. The van der Waals surface area contributed by atoms with Crippen molar-refractivity contribution in [2.75, 3.05) is 4.90 Å². The maximum atomic E-state index is 10.7. The monoisotopic (exact) mass is 480 g/mol. The van der Waals surface area contributed by atoms with E-state index in [1.165, 1.54) is 0 Å². The first-order valence-corrected chi connectivity index (χ1v) is 11.1. The van der Waals surface area contributed by atoms with Crippen molar-refractivity contribution in [1.82, 2.24) is 14.9 Å². The highest BCUT2D eigenvalue weighted by Gasteiger charge is 2.43. The first-order chi connectivity index (χ1) is 15.5. The molecule has 5 nitrogen and oxygen atoms in total. The summed E-state index contributed by atoms with van der Waals surface area (Å²) < 4.78 is 2.07. The molecule has 1 fully saturated rings. The van der Waals surface area contributed by atoms with Gasteiger partial charge in [0.25, 0.3) is 0 Å². The predicted octanol–water partition coefficient (Wildman–Crippen LogP) is 6.06. The second-order valence-electron chi connectivity index (χ2n) is 7.41. The van der Waals surface area contributed by atoms with E-state index in [0.29, 0.717) is 20.8 Å². The number of benzene rings is 2. The molecular formula is C24H18Cl2N4OS. The van der Waals surface area contributed by atoms with Gasteiger partial charge in [-0.2, -0.15) is 0 Å². The van der Waals surface area contributed by atoms with E-state index in [9.17, 15) is 5.11 Å². The quantitative estimate of drug-likeness (QED) is 0.347. The van der Waals surface area contributed by atoms with Gasteiger partial charge in [-0.25, -0.2) is 0 Å². The van der Waals surface area contributed by atoms with Crippen LogP contribution in [0.5, 0.6) is 5.75 Å². The van der Waals surface area contributed by atoms with E-state index >= 15 is 0 Å². The zero-order valence-electron chi connectivity index (χ0n) is 16.7. The number of phenolic OH excluding ortho intramolecular Hbond substituents is 1. The number of pyridine rings is 1. The topological polar surface area (TPSA) is 53.3 Å². The minimum atomic E-state index is -0.309. The van der Waals surface area contributed by atoms with Crippen LogP contribution in [0.1, 0.15) is 23.5 Å². The molecule has 4 aromatic rings. The van der Waals surface area contributed by atoms with Crippen LogP contribution in [0.4, 0.5) is 5.69 Å². The number of nitrogens with one attached hydrogen (secondary N) is 1. The van der Waals surface area contributed by atoms with Crippen LogP contribution in [0.2, 0.25) is 10.0 Å². The van der Waals surface area contributed by atoms with Crippen molar-refractivity contribution in [3.8, 4) is 11.4 Å². The second kappa shape index (κ2) is 8.47. The fraction of sp³-hybridized carbons (Fsp3) is 0.0833. The van der Waals surface area contributed by atoms with Gasteiger partial charge in [0, 0.05) is 33.8 Å². The highest BCUT2D eigenvalue weighted by Crippen LogP contribution is 2.45. The minimum Gasteiger partial charge on any atom is -0.506 e. The molecule has 0 amide bonds. The number of nitrogens with zero attached hydrogens (tertiary/aromatic N) is 3. The van der Waals surface area contributed by atoms with E-state index in [2.05, 4.69) is 14.9 Å². The lowest BCUT2D eigenvalue weighted by molar-refractivity contribution is 0.472. The number of hydrogen-bond acceptors (Lipinski definition) is 3. The number of anilines is 1. The Hall–Kier alpha value is -3.06. The van der Waals surface area contributed by atoms with E-state index in [-0.39, 0.29) is 17.8 Å². The van der Waals surface area contributed by atoms with E-state index in [1.807, 2.05) is 65.7 Å². The summed E-state index contributed by atoms with van der Waals surface area (Å²) in [4.78, 5) is 6.47. The Kier molecular flexibility index (Phi) is 5.51. The van der Waals surface area contributed by atoms with Crippen LogP contribution < -0.4 is 10.2 Å². The standard InChI is InChI=1S/C24H18Cl2N4OS/c25-15-5-3-6-17(13-15)29-12-4-8-19(29)23-22(18-7-1-2-11-27-18)28-24(32)30(23)20-14-16(26)9-10-21(20)31/h1-14,22-23,31H,(H,28,32). The van der Waals surface area contributed by atoms with Crippen molar-refractivity contribution in [3.63, 3.8) is 0 Å². The van der Waals surface area contributed by atoms with Crippen molar-refractivity contribution in [1.29, 1.82) is 0 Å². The Labute approximate surface area is 200 Å². The molecule has 1 aliphatic heterocycles. The molecule has 1 saturated heterocycles. The SMILES string of the molecule is Oc1ccc(Cl)cc1N1C(=S)NC(c2ccccn2)C1c1cccn1-c1cccc(Cl)c1. The van der Waals surface area contributed by atoms with Gasteiger partial charge in [-0.1, -0.05) is 35.3 Å². The van der Waals surface area contributed by atoms with Gasteiger partial charge in [0.1, 0.15) is 11.8 Å². The molecule has 0 aliphatic carbocycles. The van der Waals surface area contributed by atoms with Crippen LogP contribution in [0, 0.1) is 0 Å². The van der Waals surface area contributed by atoms with Gasteiger partial charge in [0.15, 0.2) is 5.11 Å². The number of aromatic hydroxyl groups is 1. The Bertz CT molecular complexity index is 1290. The summed E-state index contributed by atoms with van der Waals surface area (Å²) in [5.41, 5.74) is 3.24. The first kappa shape index (κ1) is 20.8. The van der Waals surface area contributed by atoms with Gasteiger partial charge < -0.3 is 19.9 Å². The number of aromatic nitrogens is 2.